The lowest BCUT2D eigenvalue weighted by atomic mass is 10.4. The van der Waals surface area contributed by atoms with Crippen LogP contribution in [0.4, 0.5) is 5.69 Å². The number of aryl methyl sites for hydroxylation is 2. The van der Waals surface area contributed by atoms with Gasteiger partial charge >= 0.3 is 5.69 Å². The lowest BCUT2D eigenvalue weighted by Gasteiger charge is -2.01. The van der Waals surface area contributed by atoms with Gasteiger partial charge in [-0.1, -0.05) is 0 Å². The number of hydrogen-bond donors (Lipinski definition) is 2. The van der Waals surface area contributed by atoms with Gasteiger partial charge in [0.05, 0.1) is 11.4 Å². The van der Waals surface area contributed by atoms with E-state index in [1.54, 1.807) is 18.8 Å². The van der Waals surface area contributed by atoms with Crippen LogP contribution < -0.4 is 11.4 Å². The van der Waals surface area contributed by atoms with Crippen LogP contribution in [0.2, 0.25) is 0 Å². The third-order valence-corrected chi connectivity index (χ3v) is 3.47. The Labute approximate surface area is 95.6 Å². The number of H-pyrrole nitrogens is 1. The monoisotopic (exact) mass is 240 g/mol. The number of hydrogen-bond acceptors (Lipinski definition) is 5. The van der Waals surface area contributed by atoms with Crippen LogP contribution in [0.3, 0.4) is 0 Å². The Balaban J connectivity index is 2.41. The molecule has 0 saturated carbocycles. The van der Waals surface area contributed by atoms with E-state index in [1.165, 1.54) is 16.3 Å². The molecule has 86 valence electrons. The molecule has 7 nitrogen and oxygen atoms in total. The van der Waals surface area contributed by atoms with Crippen LogP contribution in [0, 0.1) is 6.92 Å². The number of nitrogens with zero attached hydrogens (tertiary/aromatic N) is 4. The zero-order valence-electron chi connectivity index (χ0n) is 9.18. The summed E-state index contributed by atoms with van der Waals surface area (Å²) < 4.78 is 3.10. The molecule has 0 saturated heterocycles. The molecule has 2 aromatic heterocycles. The highest BCUT2D eigenvalue weighted by Gasteiger charge is 2.14. The average Bonchev–Trinajstić information content (AvgIpc) is 2.66. The molecule has 0 aliphatic heterocycles. The molecule has 0 radical (unpaired) electrons. The van der Waals surface area contributed by atoms with Gasteiger partial charge < -0.3 is 5.73 Å². The summed E-state index contributed by atoms with van der Waals surface area (Å²) in [7, 11) is 3.45. The first-order valence-corrected chi connectivity index (χ1v) is 5.40. The summed E-state index contributed by atoms with van der Waals surface area (Å²) in [5, 5.41) is 11.8. The van der Waals surface area contributed by atoms with Crippen molar-refractivity contribution in [1.82, 2.24) is 24.5 Å². The van der Waals surface area contributed by atoms with Crippen molar-refractivity contribution in [3.05, 3.63) is 16.2 Å². The molecule has 8 heteroatoms. The second kappa shape index (κ2) is 3.71. The highest BCUT2D eigenvalue weighted by molar-refractivity contribution is 7.99. The van der Waals surface area contributed by atoms with E-state index in [2.05, 4.69) is 15.3 Å². The molecule has 0 amide bonds. The minimum atomic E-state index is -0.250. The zero-order chi connectivity index (χ0) is 11.9. The molecule has 2 heterocycles. The summed E-state index contributed by atoms with van der Waals surface area (Å²) in [6.07, 6.45) is 0. The van der Waals surface area contributed by atoms with Gasteiger partial charge in [0, 0.05) is 14.1 Å². The maximum atomic E-state index is 11.2. The van der Waals surface area contributed by atoms with Crippen LogP contribution in [0.25, 0.3) is 0 Å². The van der Waals surface area contributed by atoms with Crippen molar-refractivity contribution >= 4 is 17.4 Å². The van der Waals surface area contributed by atoms with E-state index in [0.29, 0.717) is 10.8 Å². The SMILES string of the molecule is Cc1nn(C)c(Sc2n[nH]c(=O)n2C)c1N. The Morgan fingerprint density at radius 2 is 2.12 bits per heavy atom. The van der Waals surface area contributed by atoms with Crippen LogP contribution in [0.1, 0.15) is 5.69 Å². The van der Waals surface area contributed by atoms with Crippen LogP contribution >= 0.6 is 11.8 Å². The first-order chi connectivity index (χ1) is 7.50. The maximum absolute atomic E-state index is 11.2. The van der Waals surface area contributed by atoms with E-state index in [9.17, 15) is 4.79 Å². The molecule has 2 aromatic rings. The van der Waals surface area contributed by atoms with Crippen molar-refractivity contribution in [3.63, 3.8) is 0 Å². The van der Waals surface area contributed by atoms with Gasteiger partial charge in [0.25, 0.3) is 0 Å². The second-order valence-electron chi connectivity index (χ2n) is 3.40. The van der Waals surface area contributed by atoms with E-state index in [1.807, 2.05) is 6.92 Å². The Morgan fingerprint density at radius 3 is 2.56 bits per heavy atom. The summed E-state index contributed by atoms with van der Waals surface area (Å²) in [6.45, 7) is 1.84. The number of aromatic nitrogens is 5. The smallest absolute Gasteiger partial charge is 0.343 e. The summed E-state index contributed by atoms with van der Waals surface area (Å²) in [6, 6.07) is 0. The third kappa shape index (κ3) is 1.60. The van der Waals surface area contributed by atoms with Crippen LogP contribution in [0.15, 0.2) is 15.0 Å². The third-order valence-electron chi connectivity index (χ3n) is 2.24. The van der Waals surface area contributed by atoms with Crippen LogP contribution in [-0.2, 0) is 14.1 Å². The summed E-state index contributed by atoms with van der Waals surface area (Å²) in [5.74, 6) is 0. The van der Waals surface area contributed by atoms with Gasteiger partial charge in [0.2, 0.25) is 0 Å². The molecule has 0 aliphatic rings. The molecule has 0 unspecified atom stereocenters. The molecular weight excluding hydrogens is 228 g/mol. The minimum Gasteiger partial charge on any atom is -0.395 e. The lowest BCUT2D eigenvalue weighted by Crippen LogP contribution is -2.13. The van der Waals surface area contributed by atoms with E-state index < -0.39 is 0 Å². The fourth-order valence-electron chi connectivity index (χ4n) is 1.28. The first-order valence-electron chi connectivity index (χ1n) is 4.59. The molecule has 0 spiro atoms. The van der Waals surface area contributed by atoms with Crippen molar-refractivity contribution < 1.29 is 0 Å². The van der Waals surface area contributed by atoms with Crippen molar-refractivity contribution in [1.29, 1.82) is 0 Å². The highest BCUT2D eigenvalue weighted by Crippen LogP contribution is 2.30. The highest BCUT2D eigenvalue weighted by atomic mass is 32.2. The fourth-order valence-corrected chi connectivity index (χ4v) is 2.20. The Kier molecular flexibility index (Phi) is 2.50. The van der Waals surface area contributed by atoms with Crippen molar-refractivity contribution in [2.75, 3.05) is 5.73 Å². The standard InChI is InChI=1S/C8H12N6OS/c1-4-5(9)6(14(3)12-4)16-8-11-10-7(15)13(8)2/h9H2,1-3H3,(H,10,15). The Morgan fingerprint density at radius 1 is 1.44 bits per heavy atom. The van der Waals surface area contributed by atoms with Crippen LogP contribution in [0.5, 0.6) is 0 Å². The predicted octanol–water partition coefficient (Wildman–Crippen LogP) is -0.116. The summed E-state index contributed by atoms with van der Waals surface area (Å²) in [5.41, 5.74) is 7.01. The molecule has 0 aromatic carbocycles. The van der Waals surface area contributed by atoms with Gasteiger partial charge in [-0.15, -0.1) is 5.10 Å². The van der Waals surface area contributed by atoms with Crippen LogP contribution in [-0.4, -0.2) is 24.5 Å². The fraction of sp³-hybridized carbons (Fsp3) is 0.375. The molecule has 16 heavy (non-hydrogen) atoms. The normalized spacial score (nSPS) is 10.9. The van der Waals surface area contributed by atoms with Gasteiger partial charge in [-0.25, -0.2) is 9.89 Å². The zero-order valence-corrected chi connectivity index (χ0v) is 10.00. The van der Waals surface area contributed by atoms with E-state index in [0.717, 1.165) is 10.7 Å². The van der Waals surface area contributed by atoms with Crippen molar-refractivity contribution in [2.24, 2.45) is 14.1 Å². The Bertz CT molecular complexity index is 580. The molecule has 0 bridgehead atoms. The molecule has 2 rings (SSSR count). The number of aromatic amines is 1. The lowest BCUT2D eigenvalue weighted by molar-refractivity contribution is 0.688. The largest absolute Gasteiger partial charge is 0.395 e. The van der Waals surface area contributed by atoms with Crippen molar-refractivity contribution in [3.8, 4) is 0 Å². The van der Waals surface area contributed by atoms with E-state index in [4.69, 9.17) is 5.73 Å². The summed E-state index contributed by atoms with van der Waals surface area (Å²) in [4.78, 5) is 11.2. The molecule has 3 N–H and O–H groups in total. The number of nitrogen functional groups attached to an aromatic ring is 1. The quantitative estimate of drug-likeness (QED) is 0.763. The predicted molar refractivity (Wildman–Crippen MR) is 60.3 cm³/mol. The molecular formula is C8H12N6OS. The molecule has 0 atom stereocenters. The number of nitrogens with one attached hydrogen (secondary N) is 1. The van der Waals surface area contributed by atoms with Crippen molar-refractivity contribution in [2.45, 2.75) is 17.1 Å². The van der Waals surface area contributed by atoms with Gasteiger partial charge in [-0.2, -0.15) is 5.10 Å². The summed E-state index contributed by atoms with van der Waals surface area (Å²) >= 11 is 1.31. The Hall–Kier alpha value is -1.70. The number of anilines is 1. The first kappa shape index (κ1) is 10.8. The van der Waals surface area contributed by atoms with Gasteiger partial charge in [0.1, 0.15) is 5.03 Å². The van der Waals surface area contributed by atoms with Gasteiger partial charge in [-0.05, 0) is 18.7 Å². The second-order valence-corrected chi connectivity index (χ2v) is 4.36. The van der Waals surface area contributed by atoms with Gasteiger partial charge in [-0.3, -0.25) is 9.25 Å². The van der Waals surface area contributed by atoms with E-state index in [-0.39, 0.29) is 5.69 Å². The minimum absolute atomic E-state index is 0.250. The number of rotatable bonds is 2. The maximum Gasteiger partial charge on any atom is 0.343 e. The topological polar surface area (TPSA) is 94.5 Å². The molecule has 0 fully saturated rings. The van der Waals surface area contributed by atoms with E-state index >= 15 is 0 Å². The molecule has 0 aliphatic carbocycles. The average molecular weight is 240 g/mol. The van der Waals surface area contributed by atoms with Gasteiger partial charge in [0.15, 0.2) is 5.16 Å². The number of nitrogens with two attached hydrogens (primary N) is 1.